The van der Waals surface area contributed by atoms with Gasteiger partial charge in [0.15, 0.2) is 0 Å². The summed E-state index contributed by atoms with van der Waals surface area (Å²) in [7, 11) is 0. The SMILES string of the molecule is CC(=O)NCCn1c(=O)c(-c2cccc(C)c2C)cn(CC(=O)N2CCC(N3CCc4ccccc4CC3=O)CC2)c1=O. The van der Waals surface area contributed by atoms with E-state index in [9.17, 15) is 24.0 Å². The maximum absolute atomic E-state index is 13.5. The first-order valence-corrected chi connectivity index (χ1v) is 14.9. The zero-order chi connectivity index (χ0) is 30.7. The Morgan fingerprint density at radius 1 is 0.907 bits per heavy atom. The first-order chi connectivity index (χ1) is 20.6. The summed E-state index contributed by atoms with van der Waals surface area (Å²) in [6, 6.07) is 13.8. The van der Waals surface area contributed by atoms with Crippen molar-refractivity contribution in [3.05, 3.63) is 91.8 Å². The number of piperidine rings is 1. The van der Waals surface area contributed by atoms with Crippen LogP contribution in [-0.2, 0) is 40.3 Å². The second kappa shape index (κ2) is 12.8. The minimum Gasteiger partial charge on any atom is -0.355 e. The molecule has 0 unspecified atom stereocenters. The Morgan fingerprint density at radius 2 is 1.63 bits per heavy atom. The van der Waals surface area contributed by atoms with Gasteiger partial charge in [0, 0.05) is 51.9 Å². The second-order valence-corrected chi connectivity index (χ2v) is 11.5. The van der Waals surface area contributed by atoms with E-state index in [0.29, 0.717) is 50.0 Å². The number of likely N-dealkylation sites (tertiary alicyclic amines) is 1. The predicted molar refractivity (Wildman–Crippen MR) is 164 cm³/mol. The molecule has 1 N–H and O–H groups in total. The van der Waals surface area contributed by atoms with Crippen LogP contribution in [0, 0.1) is 13.8 Å². The summed E-state index contributed by atoms with van der Waals surface area (Å²) in [5.74, 6) is -0.347. The van der Waals surface area contributed by atoms with Crippen molar-refractivity contribution in [2.75, 3.05) is 26.2 Å². The minimum atomic E-state index is -0.595. The largest absolute Gasteiger partial charge is 0.355 e. The predicted octanol–water partition coefficient (Wildman–Crippen LogP) is 2.05. The summed E-state index contributed by atoms with van der Waals surface area (Å²) in [5, 5.41) is 2.63. The number of carbonyl (C=O) groups excluding carboxylic acids is 3. The Hall–Kier alpha value is -4.47. The lowest BCUT2D eigenvalue weighted by Crippen LogP contribution is -2.50. The molecule has 0 bridgehead atoms. The molecule has 1 aromatic heterocycles. The molecule has 3 amide bonds. The third kappa shape index (κ3) is 6.48. The van der Waals surface area contributed by atoms with Crippen LogP contribution < -0.4 is 16.6 Å². The van der Waals surface area contributed by atoms with E-state index in [1.165, 1.54) is 23.3 Å². The number of benzene rings is 2. The fourth-order valence-corrected chi connectivity index (χ4v) is 6.20. The summed E-state index contributed by atoms with van der Waals surface area (Å²) in [6.07, 6.45) is 4.06. The number of nitrogens with zero attached hydrogens (tertiary/aromatic N) is 4. The molecule has 0 spiro atoms. The summed E-state index contributed by atoms with van der Waals surface area (Å²) in [6.45, 7) is 6.79. The molecule has 0 saturated carbocycles. The van der Waals surface area contributed by atoms with Crippen LogP contribution in [0.3, 0.4) is 0 Å². The molecule has 2 aliphatic rings. The van der Waals surface area contributed by atoms with Crippen LogP contribution in [0.15, 0.2) is 58.3 Å². The number of rotatable bonds is 7. The average Bonchev–Trinajstić information content (AvgIpc) is 3.15. The van der Waals surface area contributed by atoms with E-state index in [-0.39, 0.29) is 43.4 Å². The molecule has 0 aliphatic carbocycles. The van der Waals surface area contributed by atoms with Crippen LogP contribution in [0.1, 0.15) is 42.0 Å². The number of amides is 3. The highest BCUT2D eigenvalue weighted by molar-refractivity contribution is 5.80. The maximum Gasteiger partial charge on any atom is 0.331 e. The van der Waals surface area contributed by atoms with Crippen molar-refractivity contribution in [2.24, 2.45) is 0 Å². The summed E-state index contributed by atoms with van der Waals surface area (Å²) >= 11 is 0. The number of fused-ring (bicyclic) bond motifs is 1. The number of aryl methyl sites for hydroxylation is 1. The number of hydrogen-bond donors (Lipinski definition) is 1. The van der Waals surface area contributed by atoms with Gasteiger partial charge in [-0.1, -0.05) is 42.5 Å². The van der Waals surface area contributed by atoms with Crippen molar-refractivity contribution >= 4 is 17.7 Å². The van der Waals surface area contributed by atoms with Crippen molar-refractivity contribution in [3.8, 4) is 11.1 Å². The van der Waals surface area contributed by atoms with Crippen LogP contribution in [0.25, 0.3) is 11.1 Å². The van der Waals surface area contributed by atoms with Crippen molar-refractivity contribution in [3.63, 3.8) is 0 Å². The Bertz CT molecular complexity index is 1660. The number of hydrogen-bond acceptors (Lipinski definition) is 5. The molecule has 226 valence electrons. The Labute approximate surface area is 250 Å². The van der Waals surface area contributed by atoms with E-state index in [0.717, 1.165) is 27.7 Å². The van der Waals surface area contributed by atoms with Gasteiger partial charge in [0.25, 0.3) is 5.56 Å². The normalized spacial score (nSPS) is 15.7. The number of carbonyl (C=O) groups is 3. The summed E-state index contributed by atoms with van der Waals surface area (Å²) in [5.41, 5.74) is 4.20. The molecule has 3 aromatic rings. The molecule has 1 fully saturated rings. The standard InChI is InChI=1S/C33H39N5O5/c1-22-7-6-10-28(23(22)2)29-20-36(33(43)38(32(29)42)18-14-34-24(3)39)21-31(41)35-15-12-27(13-16-35)37-17-11-25-8-4-5-9-26(25)19-30(37)40/h4-10,20,27H,11-19,21H2,1-3H3,(H,34,39). The van der Waals surface area contributed by atoms with Crippen LogP contribution in [-0.4, -0.2) is 68.9 Å². The lowest BCUT2D eigenvalue weighted by Gasteiger charge is -2.38. The highest BCUT2D eigenvalue weighted by Crippen LogP contribution is 2.24. The minimum absolute atomic E-state index is 0.0106. The molecule has 0 radical (unpaired) electrons. The molecule has 2 aromatic carbocycles. The lowest BCUT2D eigenvalue weighted by atomic mass is 9.99. The molecule has 2 aliphatic heterocycles. The molecule has 5 rings (SSSR count). The molecular weight excluding hydrogens is 546 g/mol. The van der Waals surface area contributed by atoms with E-state index in [1.54, 1.807) is 4.90 Å². The Morgan fingerprint density at radius 3 is 2.35 bits per heavy atom. The van der Waals surface area contributed by atoms with Gasteiger partial charge in [-0.15, -0.1) is 0 Å². The van der Waals surface area contributed by atoms with Gasteiger partial charge in [-0.3, -0.25) is 28.3 Å². The zero-order valence-corrected chi connectivity index (χ0v) is 25.1. The number of aromatic nitrogens is 2. The maximum atomic E-state index is 13.5. The topological polar surface area (TPSA) is 114 Å². The highest BCUT2D eigenvalue weighted by atomic mass is 16.2. The fourth-order valence-electron chi connectivity index (χ4n) is 6.20. The van der Waals surface area contributed by atoms with Gasteiger partial charge in [-0.25, -0.2) is 4.79 Å². The van der Waals surface area contributed by atoms with Gasteiger partial charge >= 0.3 is 5.69 Å². The molecule has 0 atom stereocenters. The van der Waals surface area contributed by atoms with Gasteiger partial charge in [-0.05, 0) is 60.9 Å². The molecule has 10 heteroatoms. The van der Waals surface area contributed by atoms with Crippen molar-refractivity contribution in [1.82, 2.24) is 24.3 Å². The molecular formula is C33H39N5O5. The monoisotopic (exact) mass is 585 g/mol. The van der Waals surface area contributed by atoms with E-state index < -0.39 is 11.2 Å². The molecule has 1 saturated heterocycles. The smallest absolute Gasteiger partial charge is 0.331 e. The van der Waals surface area contributed by atoms with Crippen LogP contribution in [0.5, 0.6) is 0 Å². The summed E-state index contributed by atoms with van der Waals surface area (Å²) < 4.78 is 2.39. The van der Waals surface area contributed by atoms with E-state index in [1.807, 2.05) is 55.1 Å². The third-order valence-corrected chi connectivity index (χ3v) is 8.81. The van der Waals surface area contributed by atoms with E-state index in [4.69, 9.17) is 0 Å². The molecule has 10 nitrogen and oxygen atoms in total. The molecule has 3 heterocycles. The van der Waals surface area contributed by atoms with Gasteiger partial charge in [0.2, 0.25) is 17.7 Å². The first kappa shape index (κ1) is 30.0. The van der Waals surface area contributed by atoms with Crippen LogP contribution in [0.2, 0.25) is 0 Å². The summed E-state index contributed by atoms with van der Waals surface area (Å²) in [4.78, 5) is 68.6. The van der Waals surface area contributed by atoms with Crippen LogP contribution in [0.4, 0.5) is 0 Å². The average molecular weight is 586 g/mol. The zero-order valence-electron chi connectivity index (χ0n) is 25.1. The lowest BCUT2D eigenvalue weighted by molar-refractivity contribution is -0.136. The van der Waals surface area contributed by atoms with Gasteiger partial charge in [0.1, 0.15) is 6.54 Å². The quantitative estimate of drug-likeness (QED) is 0.456. The van der Waals surface area contributed by atoms with Crippen molar-refractivity contribution < 1.29 is 14.4 Å². The Kier molecular flexibility index (Phi) is 8.94. The first-order valence-electron chi connectivity index (χ1n) is 14.9. The van der Waals surface area contributed by atoms with Crippen molar-refractivity contribution in [1.29, 1.82) is 0 Å². The van der Waals surface area contributed by atoms with Crippen molar-refractivity contribution in [2.45, 2.75) is 65.6 Å². The van der Waals surface area contributed by atoms with Gasteiger partial charge in [0.05, 0.1) is 12.0 Å². The number of nitrogens with one attached hydrogen (secondary N) is 1. The highest BCUT2D eigenvalue weighted by Gasteiger charge is 2.31. The van der Waals surface area contributed by atoms with Crippen LogP contribution >= 0.6 is 0 Å². The van der Waals surface area contributed by atoms with E-state index >= 15 is 0 Å². The Balaban J connectivity index is 1.32. The van der Waals surface area contributed by atoms with Gasteiger partial charge < -0.3 is 15.1 Å². The fraction of sp³-hybridized carbons (Fsp3) is 0.424. The molecule has 43 heavy (non-hydrogen) atoms. The van der Waals surface area contributed by atoms with Gasteiger partial charge in [-0.2, -0.15) is 0 Å². The second-order valence-electron chi connectivity index (χ2n) is 11.5. The third-order valence-electron chi connectivity index (χ3n) is 8.81. The van der Waals surface area contributed by atoms with E-state index in [2.05, 4.69) is 11.4 Å².